The Balaban J connectivity index is 2.29. The second-order valence-corrected chi connectivity index (χ2v) is 4.08. The van der Waals surface area contributed by atoms with Gasteiger partial charge in [-0.15, -0.1) is 0 Å². The van der Waals surface area contributed by atoms with Crippen LogP contribution in [0.5, 0.6) is 0 Å². The molecule has 1 aromatic carbocycles. The first-order chi connectivity index (χ1) is 7.16. The van der Waals surface area contributed by atoms with Crippen LogP contribution in [0.2, 0.25) is 0 Å². The summed E-state index contributed by atoms with van der Waals surface area (Å²) in [7, 11) is 0. The molecular formula is C11H14N2O2. The highest BCUT2D eigenvalue weighted by molar-refractivity contribution is 5.55. The summed E-state index contributed by atoms with van der Waals surface area (Å²) in [6.45, 7) is 2.09. The summed E-state index contributed by atoms with van der Waals surface area (Å²) in [5, 5.41) is 13.9. The summed E-state index contributed by atoms with van der Waals surface area (Å²) in [6.07, 6.45) is 0.831. The zero-order chi connectivity index (χ0) is 10.8. The molecule has 2 atom stereocenters. The lowest BCUT2D eigenvalue weighted by atomic mass is 9.87. The Morgan fingerprint density at radius 2 is 2.27 bits per heavy atom. The molecule has 4 nitrogen and oxygen atoms in total. The molecule has 2 rings (SSSR count). The molecule has 1 aromatic rings. The van der Waals surface area contributed by atoms with Crippen LogP contribution in [0.1, 0.15) is 24.8 Å². The third kappa shape index (κ3) is 2.09. The van der Waals surface area contributed by atoms with E-state index < -0.39 is 0 Å². The number of rotatable bonds is 2. The van der Waals surface area contributed by atoms with E-state index in [-0.39, 0.29) is 17.4 Å². The summed E-state index contributed by atoms with van der Waals surface area (Å²) in [4.78, 5) is 10.3. The van der Waals surface area contributed by atoms with E-state index in [1.165, 1.54) is 0 Å². The maximum atomic E-state index is 10.6. The van der Waals surface area contributed by atoms with Gasteiger partial charge >= 0.3 is 0 Å². The van der Waals surface area contributed by atoms with Gasteiger partial charge in [-0.05, 0) is 25.0 Å². The largest absolute Gasteiger partial charge is 0.382 e. The lowest BCUT2D eigenvalue weighted by Crippen LogP contribution is -2.28. The normalized spacial score (nSPS) is 24.1. The van der Waals surface area contributed by atoms with Crippen molar-refractivity contribution >= 4 is 5.69 Å². The standard InChI is InChI=1S/C11H14N2O2/c1-8-6-9(7-13(14)15)10-4-2-3-5-11(10)12-8/h2-5,8-9,12H,6-7H2,1H3/t8-,9-/m0/s1. The minimum atomic E-state index is -0.223. The van der Waals surface area contributed by atoms with Crippen LogP contribution < -0.4 is 5.32 Å². The molecular weight excluding hydrogens is 192 g/mol. The third-order valence-corrected chi connectivity index (χ3v) is 2.81. The molecule has 0 saturated heterocycles. The highest BCUT2D eigenvalue weighted by atomic mass is 16.6. The average molecular weight is 206 g/mol. The van der Waals surface area contributed by atoms with Gasteiger partial charge in [0, 0.05) is 16.7 Å². The molecule has 1 aliphatic heterocycles. The summed E-state index contributed by atoms with van der Waals surface area (Å²) in [5.74, 6) is 0.0486. The summed E-state index contributed by atoms with van der Waals surface area (Å²) in [5.41, 5.74) is 2.12. The van der Waals surface area contributed by atoms with Crippen LogP contribution in [0.25, 0.3) is 0 Å². The molecule has 0 aromatic heterocycles. The van der Waals surface area contributed by atoms with E-state index in [1.54, 1.807) is 0 Å². The van der Waals surface area contributed by atoms with Gasteiger partial charge in [-0.1, -0.05) is 18.2 Å². The van der Waals surface area contributed by atoms with Crippen LogP contribution in [0.15, 0.2) is 24.3 Å². The second-order valence-electron chi connectivity index (χ2n) is 4.08. The average Bonchev–Trinajstić information content (AvgIpc) is 2.16. The number of anilines is 1. The molecule has 4 heteroatoms. The van der Waals surface area contributed by atoms with Crippen molar-refractivity contribution in [1.29, 1.82) is 0 Å². The van der Waals surface area contributed by atoms with Gasteiger partial charge in [0.05, 0.1) is 5.92 Å². The van der Waals surface area contributed by atoms with Gasteiger partial charge in [-0.2, -0.15) is 0 Å². The number of para-hydroxylation sites is 1. The quantitative estimate of drug-likeness (QED) is 0.596. The highest BCUT2D eigenvalue weighted by Gasteiger charge is 2.27. The Labute approximate surface area is 88.5 Å². The molecule has 15 heavy (non-hydrogen) atoms. The number of nitrogens with zero attached hydrogens (tertiary/aromatic N) is 1. The first-order valence-corrected chi connectivity index (χ1v) is 5.14. The van der Waals surface area contributed by atoms with Crippen LogP contribution in [0, 0.1) is 10.1 Å². The molecule has 0 saturated carbocycles. The van der Waals surface area contributed by atoms with Crippen molar-refractivity contribution in [3.63, 3.8) is 0 Å². The maximum absolute atomic E-state index is 10.6. The van der Waals surface area contributed by atoms with E-state index in [2.05, 4.69) is 12.2 Å². The third-order valence-electron chi connectivity index (χ3n) is 2.81. The van der Waals surface area contributed by atoms with Crippen LogP contribution in [0.4, 0.5) is 5.69 Å². The Bertz CT molecular complexity index is 379. The van der Waals surface area contributed by atoms with Crippen molar-refractivity contribution in [2.24, 2.45) is 0 Å². The molecule has 0 amide bonds. The Kier molecular flexibility index (Phi) is 2.58. The Hall–Kier alpha value is -1.58. The van der Waals surface area contributed by atoms with Crippen LogP contribution in [0.3, 0.4) is 0 Å². The lowest BCUT2D eigenvalue weighted by molar-refractivity contribution is -0.483. The number of nitrogens with one attached hydrogen (secondary N) is 1. The maximum Gasteiger partial charge on any atom is 0.210 e. The summed E-state index contributed by atoms with van der Waals surface area (Å²) >= 11 is 0. The van der Waals surface area contributed by atoms with Gasteiger partial charge in [-0.3, -0.25) is 10.1 Å². The smallest absolute Gasteiger partial charge is 0.210 e. The van der Waals surface area contributed by atoms with Crippen LogP contribution in [-0.2, 0) is 0 Å². The van der Waals surface area contributed by atoms with Crippen LogP contribution in [-0.4, -0.2) is 17.5 Å². The molecule has 0 radical (unpaired) electrons. The fourth-order valence-electron chi connectivity index (χ4n) is 2.22. The molecule has 0 aliphatic carbocycles. The minimum Gasteiger partial charge on any atom is -0.382 e. The molecule has 1 aliphatic rings. The molecule has 1 heterocycles. The molecule has 0 spiro atoms. The number of fused-ring (bicyclic) bond motifs is 1. The van der Waals surface area contributed by atoms with E-state index in [9.17, 15) is 10.1 Å². The van der Waals surface area contributed by atoms with Gasteiger partial charge in [0.1, 0.15) is 0 Å². The molecule has 0 bridgehead atoms. The zero-order valence-electron chi connectivity index (χ0n) is 8.64. The van der Waals surface area contributed by atoms with E-state index in [0.29, 0.717) is 6.04 Å². The SMILES string of the molecule is C[C@H]1C[C@@H](C[N+](=O)[O-])c2ccccc2N1. The summed E-state index contributed by atoms with van der Waals surface area (Å²) in [6, 6.07) is 8.15. The molecule has 1 N–H and O–H groups in total. The number of nitro groups is 1. The van der Waals surface area contributed by atoms with Gasteiger partial charge in [0.15, 0.2) is 0 Å². The predicted octanol–water partition coefficient (Wildman–Crippen LogP) is 2.25. The van der Waals surface area contributed by atoms with Gasteiger partial charge in [-0.25, -0.2) is 0 Å². The summed E-state index contributed by atoms with van der Waals surface area (Å²) < 4.78 is 0. The van der Waals surface area contributed by atoms with Crippen molar-refractivity contribution in [1.82, 2.24) is 0 Å². The Morgan fingerprint density at radius 1 is 1.53 bits per heavy atom. The van der Waals surface area contributed by atoms with Crippen molar-refractivity contribution in [2.75, 3.05) is 11.9 Å². The molecule has 80 valence electrons. The van der Waals surface area contributed by atoms with Gasteiger partial charge < -0.3 is 5.32 Å². The number of benzene rings is 1. The first-order valence-electron chi connectivity index (χ1n) is 5.14. The lowest BCUT2D eigenvalue weighted by Gasteiger charge is -2.29. The molecule has 0 unspecified atom stereocenters. The van der Waals surface area contributed by atoms with E-state index in [4.69, 9.17) is 0 Å². The van der Waals surface area contributed by atoms with E-state index >= 15 is 0 Å². The fraction of sp³-hybridized carbons (Fsp3) is 0.455. The number of hydrogen-bond acceptors (Lipinski definition) is 3. The second kappa shape index (κ2) is 3.88. The van der Waals surface area contributed by atoms with Gasteiger partial charge in [0.2, 0.25) is 6.54 Å². The zero-order valence-corrected chi connectivity index (χ0v) is 8.64. The minimum absolute atomic E-state index is 0.0308. The van der Waals surface area contributed by atoms with Crippen molar-refractivity contribution in [3.05, 3.63) is 39.9 Å². The van der Waals surface area contributed by atoms with E-state index in [1.807, 2.05) is 24.3 Å². The Morgan fingerprint density at radius 3 is 3.00 bits per heavy atom. The van der Waals surface area contributed by atoms with Crippen LogP contribution >= 0.6 is 0 Å². The number of hydrogen-bond donors (Lipinski definition) is 1. The van der Waals surface area contributed by atoms with Gasteiger partial charge in [0.25, 0.3) is 0 Å². The highest BCUT2D eigenvalue weighted by Crippen LogP contribution is 2.33. The predicted molar refractivity (Wildman–Crippen MR) is 58.7 cm³/mol. The van der Waals surface area contributed by atoms with Crippen molar-refractivity contribution in [2.45, 2.75) is 25.3 Å². The van der Waals surface area contributed by atoms with E-state index in [0.717, 1.165) is 17.7 Å². The topological polar surface area (TPSA) is 55.2 Å². The molecule has 0 fully saturated rings. The van der Waals surface area contributed by atoms with Crippen molar-refractivity contribution < 1.29 is 4.92 Å². The fourth-order valence-corrected chi connectivity index (χ4v) is 2.22. The van der Waals surface area contributed by atoms with Crippen molar-refractivity contribution in [3.8, 4) is 0 Å². The monoisotopic (exact) mass is 206 g/mol. The first kappa shape index (κ1) is 9.96.